The lowest BCUT2D eigenvalue weighted by Gasteiger charge is -2.08. The van der Waals surface area contributed by atoms with Gasteiger partial charge in [-0.2, -0.15) is 0 Å². The van der Waals surface area contributed by atoms with Crippen LogP contribution in [0.3, 0.4) is 0 Å². The van der Waals surface area contributed by atoms with Gasteiger partial charge in [0.25, 0.3) is 5.91 Å². The number of esters is 1. The molecule has 0 N–H and O–H groups in total. The third-order valence-corrected chi connectivity index (χ3v) is 6.27. The number of nitrogens with zero attached hydrogens (tertiary/aromatic N) is 3. The molecule has 0 aliphatic carbocycles. The summed E-state index contributed by atoms with van der Waals surface area (Å²) < 4.78 is 10.4. The SMILES string of the molecule is COC(=O)c1cccc(N=C2SC(=Cc3ccc(OCc4ccccc4)c([N+](=O)[O-])c3)C(=O)N2C)c1. The number of amidine groups is 1. The summed E-state index contributed by atoms with van der Waals surface area (Å²) in [5.74, 6) is -0.643. The summed E-state index contributed by atoms with van der Waals surface area (Å²) in [5.41, 5.74) is 1.99. The fourth-order valence-electron chi connectivity index (χ4n) is 3.36. The van der Waals surface area contributed by atoms with Gasteiger partial charge in [0.2, 0.25) is 0 Å². The highest BCUT2D eigenvalue weighted by Crippen LogP contribution is 2.35. The summed E-state index contributed by atoms with van der Waals surface area (Å²) in [4.78, 5) is 41.9. The number of nitro groups is 1. The minimum absolute atomic E-state index is 0.140. The third kappa shape index (κ3) is 5.61. The van der Waals surface area contributed by atoms with Crippen LogP contribution in [-0.4, -0.2) is 41.0 Å². The van der Waals surface area contributed by atoms with Crippen LogP contribution in [0.4, 0.5) is 11.4 Å². The quantitative estimate of drug-likeness (QED) is 0.189. The summed E-state index contributed by atoms with van der Waals surface area (Å²) in [6.45, 7) is 0.193. The molecule has 36 heavy (non-hydrogen) atoms. The Morgan fingerprint density at radius 3 is 2.61 bits per heavy atom. The molecule has 9 nitrogen and oxygen atoms in total. The van der Waals surface area contributed by atoms with Crippen LogP contribution in [0.25, 0.3) is 6.08 Å². The second-order valence-electron chi connectivity index (χ2n) is 7.67. The van der Waals surface area contributed by atoms with Gasteiger partial charge in [0, 0.05) is 13.1 Å². The average Bonchev–Trinajstić information content (AvgIpc) is 3.15. The summed E-state index contributed by atoms with van der Waals surface area (Å²) in [7, 11) is 2.88. The molecule has 3 aromatic rings. The van der Waals surface area contributed by atoms with E-state index < -0.39 is 10.9 Å². The second kappa shape index (κ2) is 10.9. The van der Waals surface area contributed by atoms with Crippen molar-refractivity contribution in [1.82, 2.24) is 4.90 Å². The molecule has 1 fully saturated rings. The van der Waals surface area contributed by atoms with Crippen LogP contribution in [0, 0.1) is 10.1 Å². The maximum Gasteiger partial charge on any atom is 0.337 e. The van der Waals surface area contributed by atoms with Crippen molar-refractivity contribution in [2.75, 3.05) is 14.2 Å². The Balaban J connectivity index is 1.56. The maximum atomic E-state index is 12.8. The van der Waals surface area contributed by atoms with Gasteiger partial charge < -0.3 is 9.47 Å². The molecule has 1 aliphatic heterocycles. The normalized spacial score (nSPS) is 15.4. The van der Waals surface area contributed by atoms with Gasteiger partial charge in [-0.25, -0.2) is 9.79 Å². The largest absolute Gasteiger partial charge is 0.482 e. The molecule has 3 aromatic carbocycles. The zero-order chi connectivity index (χ0) is 25.7. The molecule has 1 amide bonds. The van der Waals surface area contributed by atoms with Gasteiger partial charge in [0.05, 0.1) is 28.2 Å². The molecule has 1 heterocycles. The second-order valence-corrected chi connectivity index (χ2v) is 8.68. The lowest BCUT2D eigenvalue weighted by Crippen LogP contribution is -2.23. The van der Waals surface area contributed by atoms with Crippen molar-refractivity contribution >= 4 is 46.3 Å². The van der Waals surface area contributed by atoms with Crippen molar-refractivity contribution in [2.45, 2.75) is 6.61 Å². The van der Waals surface area contributed by atoms with E-state index in [4.69, 9.17) is 9.47 Å². The first-order valence-electron chi connectivity index (χ1n) is 10.8. The van der Waals surface area contributed by atoms with Crippen LogP contribution in [0.5, 0.6) is 5.75 Å². The minimum atomic E-state index is -0.515. The molecule has 10 heteroatoms. The Hall–Kier alpha value is -4.44. The van der Waals surface area contributed by atoms with Crippen molar-refractivity contribution in [3.05, 3.63) is 105 Å². The minimum Gasteiger partial charge on any atom is -0.482 e. The molecule has 0 aromatic heterocycles. The summed E-state index contributed by atoms with van der Waals surface area (Å²) in [6, 6.07) is 20.4. The number of hydrogen-bond acceptors (Lipinski definition) is 8. The van der Waals surface area contributed by atoms with E-state index in [-0.39, 0.29) is 24.0 Å². The number of carbonyl (C=O) groups is 2. The Labute approximate surface area is 211 Å². The van der Waals surface area contributed by atoms with Crippen LogP contribution in [0.15, 0.2) is 82.7 Å². The molecule has 4 rings (SSSR count). The number of ether oxygens (including phenoxy) is 2. The molecule has 0 spiro atoms. The first-order valence-corrected chi connectivity index (χ1v) is 11.6. The monoisotopic (exact) mass is 503 g/mol. The van der Waals surface area contributed by atoms with Crippen LogP contribution in [0.1, 0.15) is 21.5 Å². The number of carbonyl (C=O) groups excluding carboxylic acids is 2. The van der Waals surface area contributed by atoms with Gasteiger partial charge in [-0.05, 0) is 53.2 Å². The van der Waals surface area contributed by atoms with Crippen molar-refractivity contribution in [1.29, 1.82) is 0 Å². The van der Waals surface area contributed by atoms with E-state index in [1.54, 1.807) is 43.5 Å². The zero-order valence-electron chi connectivity index (χ0n) is 19.4. The molecule has 0 atom stereocenters. The molecule has 0 radical (unpaired) electrons. The third-order valence-electron chi connectivity index (χ3n) is 5.21. The Kier molecular flexibility index (Phi) is 7.45. The first-order chi connectivity index (χ1) is 17.4. The zero-order valence-corrected chi connectivity index (χ0v) is 20.2. The Morgan fingerprint density at radius 1 is 1.11 bits per heavy atom. The van der Waals surface area contributed by atoms with E-state index in [0.717, 1.165) is 17.3 Å². The van der Waals surface area contributed by atoms with Gasteiger partial charge in [-0.3, -0.25) is 19.8 Å². The van der Waals surface area contributed by atoms with Crippen molar-refractivity contribution in [3.8, 4) is 5.75 Å². The van der Waals surface area contributed by atoms with Crippen molar-refractivity contribution in [2.24, 2.45) is 4.99 Å². The summed E-state index contributed by atoms with van der Waals surface area (Å²) in [5, 5.41) is 12.1. The molecule has 1 aliphatic rings. The highest BCUT2D eigenvalue weighted by Gasteiger charge is 2.30. The maximum absolute atomic E-state index is 12.8. The van der Waals surface area contributed by atoms with Crippen LogP contribution >= 0.6 is 11.8 Å². The molecular formula is C26H21N3O6S. The standard InChI is InChI=1S/C26H21N3O6S/c1-28-24(30)23(36-26(28)27-20-10-6-9-19(15-20)25(31)34-2)14-18-11-12-22(21(13-18)29(32)33)35-16-17-7-4-3-5-8-17/h3-15H,16H2,1-2H3. The number of rotatable bonds is 7. The predicted molar refractivity (Wildman–Crippen MR) is 137 cm³/mol. The van der Waals surface area contributed by atoms with E-state index in [0.29, 0.717) is 26.9 Å². The van der Waals surface area contributed by atoms with E-state index >= 15 is 0 Å². The number of methoxy groups -OCH3 is 1. The highest BCUT2D eigenvalue weighted by molar-refractivity contribution is 8.18. The average molecular weight is 504 g/mol. The molecule has 1 saturated heterocycles. The van der Waals surface area contributed by atoms with E-state index in [1.165, 1.54) is 24.1 Å². The molecule has 0 saturated carbocycles. The lowest BCUT2D eigenvalue weighted by atomic mass is 10.1. The number of thioether (sulfide) groups is 1. The predicted octanol–water partition coefficient (Wildman–Crippen LogP) is 5.19. The topological polar surface area (TPSA) is 111 Å². The fraction of sp³-hybridized carbons (Fsp3) is 0.115. The van der Waals surface area contributed by atoms with Gasteiger partial charge in [0.1, 0.15) is 6.61 Å². The van der Waals surface area contributed by atoms with Gasteiger partial charge in [-0.1, -0.05) is 42.5 Å². The highest BCUT2D eigenvalue weighted by atomic mass is 32.2. The smallest absolute Gasteiger partial charge is 0.337 e. The van der Waals surface area contributed by atoms with Crippen LogP contribution in [-0.2, 0) is 16.1 Å². The first kappa shape index (κ1) is 24.7. The molecule has 182 valence electrons. The van der Waals surface area contributed by atoms with Gasteiger partial charge in [-0.15, -0.1) is 0 Å². The molecule has 0 unspecified atom stereocenters. The molecular weight excluding hydrogens is 482 g/mol. The van der Waals surface area contributed by atoms with E-state index in [1.807, 2.05) is 30.3 Å². The molecule has 0 bridgehead atoms. The van der Waals surface area contributed by atoms with Gasteiger partial charge in [0.15, 0.2) is 10.9 Å². The Bertz CT molecular complexity index is 1390. The van der Waals surface area contributed by atoms with Gasteiger partial charge >= 0.3 is 11.7 Å². The van der Waals surface area contributed by atoms with Crippen LogP contribution in [0.2, 0.25) is 0 Å². The van der Waals surface area contributed by atoms with E-state index in [2.05, 4.69) is 4.99 Å². The number of likely N-dealkylation sites (N-methyl/N-ethyl adjacent to an activating group) is 1. The lowest BCUT2D eigenvalue weighted by molar-refractivity contribution is -0.386. The van der Waals surface area contributed by atoms with E-state index in [9.17, 15) is 19.7 Å². The number of hydrogen-bond donors (Lipinski definition) is 0. The van der Waals surface area contributed by atoms with Crippen molar-refractivity contribution in [3.63, 3.8) is 0 Å². The fourth-order valence-corrected chi connectivity index (χ4v) is 4.34. The Morgan fingerprint density at radius 2 is 1.89 bits per heavy atom. The number of nitro benzene ring substituents is 1. The number of amides is 1. The number of aliphatic imine (C=N–C) groups is 1. The summed E-state index contributed by atoms with van der Waals surface area (Å²) in [6.07, 6.45) is 1.57. The summed E-state index contributed by atoms with van der Waals surface area (Å²) >= 11 is 1.13. The van der Waals surface area contributed by atoms with Crippen molar-refractivity contribution < 1.29 is 24.0 Å². The number of benzene rings is 3. The van der Waals surface area contributed by atoms with Crippen LogP contribution < -0.4 is 4.74 Å².